The van der Waals surface area contributed by atoms with Crippen LogP contribution in [0, 0.1) is 0 Å². The molecule has 0 heterocycles. The first-order valence-corrected chi connectivity index (χ1v) is 10.4. The molecule has 5 nitrogen and oxygen atoms in total. The van der Waals surface area contributed by atoms with E-state index in [1.807, 2.05) is 24.3 Å². The second-order valence-corrected chi connectivity index (χ2v) is 7.20. The van der Waals surface area contributed by atoms with Crippen molar-refractivity contribution in [2.75, 3.05) is 27.9 Å². The molecule has 0 saturated carbocycles. The van der Waals surface area contributed by atoms with Crippen molar-refractivity contribution in [2.45, 2.75) is 45.7 Å². The Morgan fingerprint density at radius 1 is 0.793 bits per heavy atom. The molecule has 2 aromatic rings. The van der Waals surface area contributed by atoms with Crippen molar-refractivity contribution in [3.8, 4) is 23.0 Å². The fourth-order valence-corrected chi connectivity index (χ4v) is 3.25. The topological polar surface area (TPSA) is 49.0 Å². The molecule has 0 amide bonds. The molecule has 0 spiro atoms. The third kappa shape index (κ3) is 7.02. The van der Waals surface area contributed by atoms with Crippen LogP contribution in [0.15, 0.2) is 30.3 Å². The highest BCUT2D eigenvalue weighted by Crippen LogP contribution is 2.33. The molecule has 1 N–H and O–H groups in total. The maximum absolute atomic E-state index is 6.36. The fourth-order valence-electron chi connectivity index (χ4n) is 3.03. The number of hydrogen-bond acceptors (Lipinski definition) is 5. The van der Waals surface area contributed by atoms with Crippen LogP contribution >= 0.6 is 11.6 Å². The lowest BCUT2D eigenvalue weighted by Gasteiger charge is -2.14. The van der Waals surface area contributed by atoms with Crippen molar-refractivity contribution in [3.05, 3.63) is 46.5 Å². The van der Waals surface area contributed by atoms with E-state index in [2.05, 4.69) is 12.2 Å². The third-order valence-corrected chi connectivity index (χ3v) is 5.03. The molecule has 0 aliphatic rings. The first-order chi connectivity index (χ1) is 14.1. The van der Waals surface area contributed by atoms with Gasteiger partial charge in [-0.3, -0.25) is 0 Å². The molecule has 2 rings (SSSR count). The average molecular weight is 422 g/mol. The first kappa shape index (κ1) is 23.2. The molecule has 0 radical (unpaired) electrons. The summed E-state index contributed by atoms with van der Waals surface area (Å²) in [5, 5.41) is 4.05. The molecule has 6 heteroatoms. The minimum absolute atomic E-state index is 0.608. The number of methoxy groups -OCH3 is 3. The normalized spacial score (nSPS) is 10.7. The fraction of sp³-hybridized carbons (Fsp3) is 0.478. The van der Waals surface area contributed by atoms with Crippen LogP contribution in [-0.4, -0.2) is 27.9 Å². The molecular formula is C23H32ClNO4. The van der Waals surface area contributed by atoms with Crippen molar-refractivity contribution in [2.24, 2.45) is 0 Å². The molecule has 29 heavy (non-hydrogen) atoms. The van der Waals surface area contributed by atoms with Crippen LogP contribution in [0.25, 0.3) is 0 Å². The lowest BCUT2D eigenvalue weighted by molar-refractivity contribution is 0.285. The Bertz CT molecular complexity index is 767. The standard InChI is InChI=1S/C23H32ClNO4/c1-5-6-7-8-11-29-20-10-9-17(12-21(20)26-2)15-25-16-18-13-22(27-3)23(28-4)14-19(18)24/h9-10,12-14,25H,5-8,11,15-16H2,1-4H3. The van der Waals surface area contributed by atoms with Crippen LogP contribution < -0.4 is 24.3 Å². The summed E-state index contributed by atoms with van der Waals surface area (Å²) in [5.74, 6) is 2.83. The molecule has 0 fully saturated rings. The molecule has 160 valence electrons. The van der Waals surface area contributed by atoms with E-state index in [0.29, 0.717) is 36.2 Å². The van der Waals surface area contributed by atoms with E-state index in [-0.39, 0.29) is 0 Å². The Morgan fingerprint density at radius 2 is 1.48 bits per heavy atom. The molecule has 0 aliphatic carbocycles. The second kappa shape index (κ2) is 12.5. The third-order valence-electron chi connectivity index (χ3n) is 4.68. The minimum Gasteiger partial charge on any atom is -0.493 e. The van der Waals surface area contributed by atoms with Crippen LogP contribution in [0.1, 0.15) is 43.7 Å². The Balaban J connectivity index is 1.92. The SMILES string of the molecule is CCCCCCOc1ccc(CNCc2cc(OC)c(OC)cc2Cl)cc1OC. The highest BCUT2D eigenvalue weighted by Gasteiger charge is 2.10. The van der Waals surface area contributed by atoms with E-state index >= 15 is 0 Å². The predicted octanol–water partition coefficient (Wildman–Crippen LogP) is 5.61. The van der Waals surface area contributed by atoms with Crippen molar-refractivity contribution < 1.29 is 18.9 Å². The number of benzene rings is 2. The van der Waals surface area contributed by atoms with Gasteiger partial charge in [0, 0.05) is 24.2 Å². The Hall–Kier alpha value is -2.11. The van der Waals surface area contributed by atoms with Crippen molar-refractivity contribution in [3.63, 3.8) is 0 Å². The molecule has 0 atom stereocenters. The van der Waals surface area contributed by atoms with Gasteiger partial charge in [0.15, 0.2) is 23.0 Å². The van der Waals surface area contributed by atoms with Gasteiger partial charge in [0.2, 0.25) is 0 Å². The van der Waals surface area contributed by atoms with Gasteiger partial charge in [-0.05, 0) is 35.7 Å². The molecule has 0 aliphatic heterocycles. The number of unbranched alkanes of at least 4 members (excludes halogenated alkanes) is 3. The van der Waals surface area contributed by atoms with E-state index in [4.69, 9.17) is 30.5 Å². The van der Waals surface area contributed by atoms with Crippen LogP contribution in [0.5, 0.6) is 23.0 Å². The number of rotatable bonds is 13. The Morgan fingerprint density at radius 3 is 2.17 bits per heavy atom. The van der Waals surface area contributed by atoms with Gasteiger partial charge in [0.05, 0.1) is 27.9 Å². The minimum atomic E-state index is 0.608. The van der Waals surface area contributed by atoms with E-state index in [9.17, 15) is 0 Å². The van der Waals surface area contributed by atoms with Gasteiger partial charge >= 0.3 is 0 Å². The maximum atomic E-state index is 6.36. The molecular weight excluding hydrogens is 390 g/mol. The van der Waals surface area contributed by atoms with Gasteiger partial charge in [-0.15, -0.1) is 0 Å². The monoisotopic (exact) mass is 421 g/mol. The summed E-state index contributed by atoms with van der Waals surface area (Å²) >= 11 is 6.36. The Labute approximate surface area is 179 Å². The van der Waals surface area contributed by atoms with E-state index in [1.54, 1.807) is 27.4 Å². The molecule has 2 aromatic carbocycles. The number of ether oxygens (including phenoxy) is 4. The zero-order chi connectivity index (χ0) is 21.1. The van der Waals surface area contributed by atoms with E-state index < -0.39 is 0 Å². The van der Waals surface area contributed by atoms with Crippen molar-refractivity contribution >= 4 is 11.6 Å². The average Bonchev–Trinajstić information content (AvgIpc) is 2.74. The molecule has 0 saturated heterocycles. The maximum Gasteiger partial charge on any atom is 0.162 e. The van der Waals surface area contributed by atoms with Crippen molar-refractivity contribution in [1.29, 1.82) is 0 Å². The number of hydrogen-bond donors (Lipinski definition) is 1. The molecule has 0 unspecified atom stereocenters. The molecule has 0 bridgehead atoms. The highest BCUT2D eigenvalue weighted by molar-refractivity contribution is 6.31. The predicted molar refractivity (Wildman–Crippen MR) is 118 cm³/mol. The summed E-state index contributed by atoms with van der Waals surface area (Å²) in [6, 6.07) is 9.69. The van der Waals surface area contributed by atoms with E-state index in [1.165, 1.54) is 19.3 Å². The van der Waals surface area contributed by atoms with Gasteiger partial charge in [-0.1, -0.05) is 43.9 Å². The number of nitrogens with one attached hydrogen (secondary N) is 1. The van der Waals surface area contributed by atoms with Crippen LogP contribution in [0.3, 0.4) is 0 Å². The smallest absolute Gasteiger partial charge is 0.162 e. The van der Waals surface area contributed by atoms with E-state index in [0.717, 1.165) is 29.0 Å². The number of halogens is 1. The lowest BCUT2D eigenvalue weighted by atomic mass is 10.1. The van der Waals surface area contributed by atoms with Gasteiger partial charge < -0.3 is 24.3 Å². The van der Waals surface area contributed by atoms with Gasteiger partial charge in [0.25, 0.3) is 0 Å². The van der Waals surface area contributed by atoms with Gasteiger partial charge in [-0.25, -0.2) is 0 Å². The molecule has 0 aromatic heterocycles. The Kier molecular flexibility index (Phi) is 9.95. The van der Waals surface area contributed by atoms with Crippen LogP contribution in [-0.2, 0) is 13.1 Å². The van der Waals surface area contributed by atoms with Crippen LogP contribution in [0.2, 0.25) is 5.02 Å². The summed E-state index contributed by atoms with van der Waals surface area (Å²) in [6.45, 7) is 4.20. The summed E-state index contributed by atoms with van der Waals surface area (Å²) in [7, 11) is 4.88. The lowest BCUT2D eigenvalue weighted by Crippen LogP contribution is -2.13. The quantitative estimate of drug-likeness (QED) is 0.425. The summed E-state index contributed by atoms with van der Waals surface area (Å²) < 4.78 is 22.0. The summed E-state index contributed by atoms with van der Waals surface area (Å²) in [4.78, 5) is 0. The zero-order valence-electron chi connectivity index (χ0n) is 17.8. The summed E-state index contributed by atoms with van der Waals surface area (Å²) in [5.41, 5.74) is 2.06. The second-order valence-electron chi connectivity index (χ2n) is 6.80. The highest BCUT2D eigenvalue weighted by atomic mass is 35.5. The van der Waals surface area contributed by atoms with Gasteiger partial charge in [-0.2, -0.15) is 0 Å². The van der Waals surface area contributed by atoms with Crippen LogP contribution in [0.4, 0.5) is 0 Å². The van der Waals surface area contributed by atoms with Gasteiger partial charge in [0.1, 0.15) is 0 Å². The first-order valence-electron chi connectivity index (χ1n) is 10.0. The largest absolute Gasteiger partial charge is 0.493 e. The summed E-state index contributed by atoms with van der Waals surface area (Å²) in [6.07, 6.45) is 4.72. The zero-order valence-corrected chi connectivity index (χ0v) is 18.6. The van der Waals surface area contributed by atoms with Crippen molar-refractivity contribution in [1.82, 2.24) is 5.32 Å².